The molecule has 0 aromatic heterocycles. The van der Waals surface area contributed by atoms with E-state index in [1.54, 1.807) is 6.07 Å². The summed E-state index contributed by atoms with van der Waals surface area (Å²) in [6.45, 7) is 0. The minimum absolute atomic E-state index is 0.0573. The number of allylic oxidation sites excluding steroid dienone is 4. The maximum Gasteiger partial charge on any atom is 0.248 e. The lowest BCUT2D eigenvalue weighted by Crippen LogP contribution is -2.39. The Hall–Kier alpha value is -2.62. The molecule has 21 heavy (non-hydrogen) atoms. The van der Waals surface area contributed by atoms with Gasteiger partial charge in [0.2, 0.25) is 11.8 Å². The zero-order valence-corrected chi connectivity index (χ0v) is 11.3. The number of benzene rings is 1. The highest BCUT2D eigenvalue weighted by Crippen LogP contribution is 2.49. The standard InChI is InChI=1S/C17H14N2O2/c18-15(20)11-5-4-10-6-7-12-3-1-2-8-17(12,13(10)9-11)14-16(21)19-14/h1-7,9,14H,8H2,(H2,18,20)(H,19,21). The van der Waals surface area contributed by atoms with Gasteiger partial charge in [-0.05, 0) is 35.3 Å². The fourth-order valence-corrected chi connectivity index (χ4v) is 3.47. The first kappa shape index (κ1) is 12.1. The van der Waals surface area contributed by atoms with E-state index in [-0.39, 0.29) is 11.9 Å². The van der Waals surface area contributed by atoms with Crippen LogP contribution in [0.15, 0.2) is 48.1 Å². The second-order valence-electron chi connectivity index (χ2n) is 5.67. The van der Waals surface area contributed by atoms with E-state index < -0.39 is 11.3 Å². The Morgan fingerprint density at radius 2 is 2.14 bits per heavy atom. The molecule has 2 unspecified atom stereocenters. The Balaban J connectivity index is 1.98. The Morgan fingerprint density at radius 1 is 1.33 bits per heavy atom. The fourth-order valence-electron chi connectivity index (χ4n) is 3.47. The van der Waals surface area contributed by atoms with Crippen molar-refractivity contribution in [1.82, 2.24) is 5.32 Å². The van der Waals surface area contributed by atoms with E-state index in [0.717, 1.165) is 23.1 Å². The van der Waals surface area contributed by atoms with E-state index >= 15 is 0 Å². The number of primary amides is 1. The highest BCUT2D eigenvalue weighted by Gasteiger charge is 2.56. The predicted octanol–water partition coefficient (Wildman–Crippen LogP) is 1.43. The van der Waals surface area contributed by atoms with Crippen LogP contribution in [0, 0.1) is 0 Å². The predicted molar refractivity (Wildman–Crippen MR) is 79.4 cm³/mol. The largest absolute Gasteiger partial charge is 0.366 e. The minimum Gasteiger partial charge on any atom is -0.366 e. The summed E-state index contributed by atoms with van der Waals surface area (Å²) in [6, 6.07) is 5.24. The van der Waals surface area contributed by atoms with Crippen molar-refractivity contribution < 1.29 is 9.59 Å². The third-order valence-corrected chi connectivity index (χ3v) is 4.59. The molecule has 2 atom stereocenters. The van der Waals surface area contributed by atoms with Crippen LogP contribution in [0.2, 0.25) is 0 Å². The van der Waals surface area contributed by atoms with E-state index in [4.69, 9.17) is 5.73 Å². The molecule has 4 rings (SSSR count). The number of hydrogen-bond acceptors (Lipinski definition) is 2. The van der Waals surface area contributed by atoms with Gasteiger partial charge in [-0.15, -0.1) is 0 Å². The third-order valence-electron chi connectivity index (χ3n) is 4.59. The van der Waals surface area contributed by atoms with Crippen LogP contribution in [-0.4, -0.2) is 17.9 Å². The van der Waals surface area contributed by atoms with Crippen LogP contribution >= 0.6 is 0 Å². The Labute approximate surface area is 122 Å². The second-order valence-corrected chi connectivity index (χ2v) is 5.67. The Kier molecular flexibility index (Phi) is 2.28. The van der Waals surface area contributed by atoms with Gasteiger partial charge in [0.1, 0.15) is 6.04 Å². The number of fused-ring (bicyclic) bond motifs is 3. The number of hydrogen-bond donors (Lipinski definition) is 2. The van der Waals surface area contributed by atoms with Gasteiger partial charge in [0, 0.05) is 5.56 Å². The molecule has 1 aromatic rings. The summed E-state index contributed by atoms with van der Waals surface area (Å²) >= 11 is 0. The van der Waals surface area contributed by atoms with Gasteiger partial charge in [-0.25, -0.2) is 0 Å². The summed E-state index contributed by atoms with van der Waals surface area (Å²) < 4.78 is 0. The van der Waals surface area contributed by atoms with E-state index in [1.807, 2.05) is 30.4 Å². The molecule has 0 saturated carbocycles. The molecule has 0 bridgehead atoms. The van der Waals surface area contributed by atoms with Crippen LogP contribution in [0.3, 0.4) is 0 Å². The highest BCUT2D eigenvalue weighted by molar-refractivity contribution is 6.01. The van der Waals surface area contributed by atoms with Gasteiger partial charge >= 0.3 is 0 Å². The van der Waals surface area contributed by atoms with E-state index in [9.17, 15) is 9.59 Å². The average molecular weight is 278 g/mol. The van der Waals surface area contributed by atoms with Crippen molar-refractivity contribution in [3.63, 3.8) is 0 Å². The number of carbonyl (C=O) groups excluding carboxylic acids is 2. The molecule has 3 N–H and O–H groups in total. The molecule has 104 valence electrons. The van der Waals surface area contributed by atoms with Crippen LogP contribution in [-0.2, 0) is 10.2 Å². The normalized spacial score (nSPS) is 28.3. The van der Waals surface area contributed by atoms with Crippen LogP contribution < -0.4 is 11.1 Å². The quantitative estimate of drug-likeness (QED) is 0.802. The third kappa shape index (κ3) is 1.56. The SMILES string of the molecule is NC(=O)c1ccc2c(c1)C1(C3NC3=O)CC=CC=C1C=C2. The van der Waals surface area contributed by atoms with Crippen molar-refractivity contribution in [2.75, 3.05) is 0 Å². The van der Waals surface area contributed by atoms with E-state index in [2.05, 4.69) is 17.5 Å². The van der Waals surface area contributed by atoms with Crippen molar-refractivity contribution in [2.45, 2.75) is 17.9 Å². The lowest BCUT2D eigenvalue weighted by atomic mass is 9.63. The van der Waals surface area contributed by atoms with Crippen LogP contribution in [0.5, 0.6) is 0 Å². The molecule has 1 fully saturated rings. The summed E-state index contributed by atoms with van der Waals surface area (Å²) in [5, 5.41) is 2.92. The van der Waals surface area contributed by atoms with Crippen LogP contribution in [0.25, 0.3) is 6.08 Å². The molecular weight excluding hydrogens is 264 g/mol. The first-order valence-corrected chi connectivity index (χ1v) is 6.93. The highest BCUT2D eigenvalue weighted by atomic mass is 16.2. The van der Waals surface area contributed by atoms with E-state index in [1.165, 1.54) is 0 Å². The number of nitrogens with one attached hydrogen (secondary N) is 1. The summed E-state index contributed by atoms with van der Waals surface area (Å²) in [5.74, 6) is -0.392. The topological polar surface area (TPSA) is 82.1 Å². The van der Waals surface area contributed by atoms with Gasteiger partial charge in [-0.1, -0.05) is 36.4 Å². The molecule has 0 radical (unpaired) electrons. The van der Waals surface area contributed by atoms with Crippen molar-refractivity contribution in [2.24, 2.45) is 5.73 Å². The number of nitrogens with two attached hydrogens (primary N) is 1. The van der Waals surface area contributed by atoms with Crippen LogP contribution in [0.1, 0.15) is 27.9 Å². The molecule has 3 aliphatic rings. The Morgan fingerprint density at radius 3 is 2.86 bits per heavy atom. The van der Waals surface area contributed by atoms with Gasteiger partial charge < -0.3 is 11.1 Å². The second kappa shape index (κ2) is 3.95. The summed E-state index contributed by atoms with van der Waals surface area (Å²) in [5.41, 5.74) is 8.61. The average Bonchev–Trinajstić information content (AvgIpc) is 3.23. The zero-order valence-electron chi connectivity index (χ0n) is 11.3. The molecule has 1 aromatic carbocycles. The molecule has 0 spiro atoms. The lowest BCUT2D eigenvalue weighted by Gasteiger charge is -2.38. The van der Waals surface area contributed by atoms with Gasteiger partial charge in [0.25, 0.3) is 0 Å². The van der Waals surface area contributed by atoms with Gasteiger partial charge in [-0.2, -0.15) is 0 Å². The molecule has 2 aliphatic carbocycles. The molecule has 2 amide bonds. The smallest absolute Gasteiger partial charge is 0.248 e. The number of rotatable bonds is 2. The van der Waals surface area contributed by atoms with Crippen molar-refractivity contribution >= 4 is 17.9 Å². The molecule has 1 heterocycles. The minimum atomic E-state index is -0.450. The number of amides is 2. The molecular formula is C17H14N2O2. The first-order valence-electron chi connectivity index (χ1n) is 6.93. The first-order chi connectivity index (χ1) is 10.1. The zero-order chi connectivity index (χ0) is 14.6. The van der Waals surface area contributed by atoms with Crippen molar-refractivity contribution in [1.29, 1.82) is 0 Å². The number of carbonyl (C=O) groups is 2. The molecule has 1 saturated heterocycles. The molecule has 1 aliphatic heterocycles. The maximum atomic E-state index is 11.8. The monoisotopic (exact) mass is 278 g/mol. The summed E-state index contributed by atoms with van der Waals surface area (Å²) in [7, 11) is 0. The van der Waals surface area contributed by atoms with E-state index in [0.29, 0.717) is 5.56 Å². The van der Waals surface area contributed by atoms with Gasteiger partial charge in [-0.3, -0.25) is 9.59 Å². The lowest BCUT2D eigenvalue weighted by molar-refractivity contribution is -0.111. The van der Waals surface area contributed by atoms with Gasteiger partial charge in [0.05, 0.1) is 5.41 Å². The molecule has 4 heteroatoms. The summed E-state index contributed by atoms with van der Waals surface area (Å²) in [4.78, 5) is 23.3. The van der Waals surface area contributed by atoms with Crippen molar-refractivity contribution in [3.05, 3.63) is 64.8 Å². The maximum absolute atomic E-state index is 11.8. The molecule has 4 nitrogen and oxygen atoms in total. The Bertz CT molecular complexity index is 773. The van der Waals surface area contributed by atoms with Gasteiger partial charge in [0.15, 0.2) is 0 Å². The summed E-state index contributed by atoms with van der Waals surface area (Å²) in [6.07, 6.45) is 10.9. The fraction of sp³-hybridized carbons (Fsp3) is 0.176. The van der Waals surface area contributed by atoms with Crippen molar-refractivity contribution in [3.8, 4) is 0 Å². The van der Waals surface area contributed by atoms with Crippen LogP contribution in [0.4, 0.5) is 0 Å².